The van der Waals surface area contributed by atoms with Crippen LogP contribution in [0.2, 0.25) is 5.02 Å². The monoisotopic (exact) mass is 364 g/mol. The number of esters is 1. The molecule has 1 N–H and O–H groups in total. The molecule has 0 saturated carbocycles. The molecule has 1 amide bonds. The minimum atomic E-state index is -1.00. The maximum absolute atomic E-state index is 12.0. The number of anilines is 1. The molecule has 0 bridgehead atoms. The summed E-state index contributed by atoms with van der Waals surface area (Å²) in [6, 6.07) is 10.2. The lowest BCUT2D eigenvalue weighted by Gasteiger charge is -2.10. The highest BCUT2D eigenvalue weighted by molar-refractivity contribution is 6.31. The Hall–Kier alpha value is -3.13. The number of amides is 1. The number of benzene rings is 2. The van der Waals surface area contributed by atoms with Crippen LogP contribution in [0.5, 0.6) is 5.75 Å². The zero-order valence-electron chi connectivity index (χ0n) is 13.0. The number of methoxy groups -OCH3 is 1. The quantitative estimate of drug-likeness (QED) is 0.479. The fourth-order valence-electron chi connectivity index (χ4n) is 1.97. The van der Waals surface area contributed by atoms with Crippen LogP contribution >= 0.6 is 11.6 Å². The first kappa shape index (κ1) is 18.2. The lowest BCUT2D eigenvalue weighted by molar-refractivity contribution is -0.385. The number of carbonyl (C=O) groups excluding carboxylic acids is 2. The third-order valence-corrected chi connectivity index (χ3v) is 3.33. The molecule has 8 nitrogen and oxygen atoms in total. The minimum absolute atomic E-state index is 0.108. The topological polar surface area (TPSA) is 108 Å². The summed E-state index contributed by atoms with van der Waals surface area (Å²) < 4.78 is 9.91. The molecule has 9 heteroatoms. The largest absolute Gasteiger partial charge is 0.495 e. The first-order valence-corrected chi connectivity index (χ1v) is 7.34. The van der Waals surface area contributed by atoms with E-state index < -0.39 is 29.1 Å². The van der Waals surface area contributed by atoms with Crippen LogP contribution in [0.25, 0.3) is 0 Å². The van der Waals surface area contributed by atoms with E-state index in [9.17, 15) is 19.7 Å². The molecule has 0 saturated heterocycles. The average molecular weight is 365 g/mol. The number of para-hydroxylation sites is 2. The summed E-state index contributed by atoms with van der Waals surface area (Å²) in [4.78, 5) is 34.1. The Kier molecular flexibility index (Phi) is 5.91. The third kappa shape index (κ3) is 4.67. The number of hydrogen-bond donors (Lipinski definition) is 1. The minimum Gasteiger partial charge on any atom is -0.495 e. The van der Waals surface area contributed by atoms with Gasteiger partial charge in [-0.15, -0.1) is 0 Å². The number of carbonyl (C=O) groups is 2. The van der Waals surface area contributed by atoms with Crippen molar-refractivity contribution in [1.29, 1.82) is 0 Å². The van der Waals surface area contributed by atoms with E-state index in [4.69, 9.17) is 21.1 Å². The number of nitro groups is 1. The highest BCUT2D eigenvalue weighted by Crippen LogP contribution is 2.24. The van der Waals surface area contributed by atoms with Gasteiger partial charge < -0.3 is 14.8 Å². The second-order valence-corrected chi connectivity index (χ2v) is 5.18. The van der Waals surface area contributed by atoms with E-state index in [-0.39, 0.29) is 10.6 Å². The van der Waals surface area contributed by atoms with Gasteiger partial charge in [-0.2, -0.15) is 0 Å². The summed E-state index contributed by atoms with van der Waals surface area (Å²) in [5.74, 6) is -1.18. The highest BCUT2D eigenvalue weighted by Gasteiger charge is 2.22. The SMILES string of the molecule is COc1ccccc1NC(=O)COC(=O)c1ccc(Cl)cc1[N+](=O)[O-]. The molecule has 2 aromatic rings. The number of nitro benzene ring substituents is 1. The highest BCUT2D eigenvalue weighted by atomic mass is 35.5. The van der Waals surface area contributed by atoms with Gasteiger partial charge in [0.1, 0.15) is 11.3 Å². The molecule has 0 fully saturated rings. The lowest BCUT2D eigenvalue weighted by atomic mass is 10.2. The number of halogens is 1. The lowest BCUT2D eigenvalue weighted by Crippen LogP contribution is -2.21. The van der Waals surface area contributed by atoms with Gasteiger partial charge in [-0.3, -0.25) is 14.9 Å². The molecule has 0 aliphatic carbocycles. The Morgan fingerprint density at radius 3 is 2.64 bits per heavy atom. The molecule has 130 valence electrons. The molecule has 2 aromatic carbocycles. The summed E-state index contributed by atoms with van der Waals surface area (Å²) in [6.45, 7) is -0.614. The zero-order chi connectivity index (χ0) is 18.4. The van der Waals surface area contributed by atoms with E-state index in [1.807, 2.05) is 0 Å². The van der Waals surface area contributed by atoms with Gasteiger partial charge in [0, 0.05) is 11.1 Å². The van der Waals surface area contributed by atoms with Crippen molar-refractivity contribution < 1.29 is 24.0 Å². The first-order chi connectivity index (χ1) is 11.9. The fourth-order valence-corrected chi connectivity index (χ4v) is 2.14. The Bertz CT molecular complexity index is 824. The molecule has 0 heterocycles. The van der Waals surface area contributed by atoms with Crippen molar-refractivity contribution in [3.05, 3.63) is 63.2 Å². The zero-order valence-corrected chi connectivity index (χ0v) is 13.8. The molecule has 0 aliphatic rings. The van der Waals surface area contributed by atoms with Gasteiger partial charge in [-0.25, -0.2) is 4.79 Å². The Balaban J connectivity index is 2.03. The molecule has 25 heavy (non-hydrogen) atoms. The smallest absolute Gasteiger partial charge is 0.345 e. The summed E-state index contributed by atoms with van der Waals surface area (Å²) in [6.07, 6.45) is 0. The summed E-state index contributed by atoms with van der Waals surface area (Å²) in [7, 11) is 1.45. The Labute approximate surface area is 147 Å². The normalized spacial score (nSPS) is 10.0. The fraction of sp³-hybridized carbons (Fsp3) is 0.125. The number of nitrogens with one attached hydrogen (secondary N) is 1. The standard InChI is InChI=1S/C16H13ClN2O6/c1-24-14-5-3-2-4-12(14)18-15(20)9-25-16(21)11-7-6-10(17)8-13(11)19(22)23/h2-8H,9H2,1H3,(H,18,20). The molecular weight excluding hydrogens is 352 g/mol. The van der Waals surface area contributed by atoms with Crippen molar-refractivity contribution in [3.63, 3.8) is 0 Å². The van der Waals surface area contributed by atoms with Gasteiger partial charge in [-0.1, -0.05) is 23.7 Å². The maximum atomic E-state index is 12.0. The second kappa shape index (κ2) is 8.11. The number of ether oxygens (including phenoxy) is 2. The van der Waals surface area contributed by atoms with Crippen LogP contribution in [0, 0.1) is 10.1 Å². The molecule has 2 rings (SSSR count). The summed E-state index contributed by atoms with van der Waals surface area (Å²) in [5.41, 5.74) is -0.384. The van der Waals surface area contributed by atoms with E-state index >= 15 is 0 Å². The van der Waals surface area contributed by atoms with Crippen molar-refractivity contribution in [1.82, 2.24) is 0 Å². The van der Waals surface area contributed by atoms with E-state index in [1.165, 1.54) is 19.2 Å². The molecule has 0 aromatic heterocycles. The van der Waals surface area contributed by atoms with Crippen LogP contribution in [0.4, 0.5) is 11.4 Å². The van der Waals surface area contributed by atoms with Crippen molar-refractivity contribution >= 4 is 34.9 Å². The van der Waals surface area contributed by atoms with Gasteiger partial charge in [0.2, 0.25) is 0 Å². The maximum Gasteiger partial charge on any atom is 0.345 e. The Morgan fingerprint density at radius 2 is 1.96 bits per heavy atom. The van der Waals surface area contributed by atoms with Crippen LogP contribution in [0.1, 0.15) is 10.4 Å². The van der Waals surface area contributed by atoms with Gasteiger partial charge in [0.05, 0.1) is 17.7 Å². The van der Waals surface area contributed by atoms with E-state index in [0.29, 0.717) is 11.4 Å². The molecule has 0 aliphatic heterocycles. The molecule has 0 spiro atoms. The molecular formula is C16H13ClN2O6. The first-order valence-electron chi connectivity index (χ1n) is 6.96. The summed E-state index contributed by atoms with van der Waals surface area (Å²) >= 11 is 5.68. The van der Waals surface area contributed by atoms with Gasteiger partial charge >= 0.3 is 5.97 Å². The Morgan fingerprint density at radius 1 is 1.24 bits per heavy atom. The second-order valence-electron chi connectivity index (χ2n) is 4.74. The molecule has 0 atom stereocenters. The average Bonchev–Trinajstić information content (AvgIpc) is 2.60. The van der Waals surface area contributed by atoms with Gasteiger partial charge in [-0.05, 0) is 24.3 Å². The van der Waals surface area contributed by atoms with E-state index in [1.54, 1.807) is 24.3 Å². The van der Waals surface area contributed by atoms with E-state index in [2.05, 4.69) is 5.32 Å². The van der Waals surface area contributed by atoms with Crippen molar-refractivity contribution in [2.45, 2.75) is 0 Å². The van der Waals surface area contributed by atoms with Crippen LogP contribution in [0.15, 0.2) is 42.5 Å². The van der Waals surface area contributed by atoms with Crippen LogP contribution < -0.4 is 10.1 Å². The number of rotatable bonds is 6. The van der Waals surface area contributed by atoms with Crippen molar-refractivity contribution in [2.75, 3.05) is 19.0 Å². The third-order valence-electron chi connectivity index (χ3n) is 3.09. The predicted octanol–water partition coefficient (Wildman–Crippen LogP) is 3.05. The molecule has 0 radical (unpaired) electrons. The predicted molar refractivity (Wildman–Crippen MR) is 90.0 cm³/mol. The van der Waals surface area contributed by atoms with Crippen molar-refractivity contribution in [2.24, 2.45) is 0 Å². The van der Waals surface area contributed by atoms with Crippen LogP contribution in [-0.4, -0.2) is 30.5 Å². The van der Waals surface area contributed by atoms with Crippen LogP contribution in [-0.2, 0) is 9.53 Å². The molecule has 0 unspecified atom stereocenters. The van der Waals surface area contributed by atoms with Crippen LogP contribution in [0.3, 0.4) is 0 Å². The number of nitrogens with zero attached hydrogens (tertiary/aromatic N) is 1. The summed E-state index contributed by atoms with van der Waals surface area (Å²) in [5, 5.41) is 13.6. The van der Waals surface area contributed by atoms with Gasteiger partial charge in [0.15, 0.2) is 6.61 Å². The number of hydrogen-bond acceptors (Lipinski definition) is 6. The van der Waals surface area contributed by atoms with E-state index in [0.717, 1.165) is 6.07 Å². The van der Waals surface area contributed by atoms with Crippen molar-refractivity contribution in [3.8, 4) is 5.75 Å². The van der Waals surface area contributed by atoms with Gasteiger partial charge in [0.25, 0.3) is 11.6 Å².